The van der Waals surface area contributed by atoms with Gasteiger partial charge in [0, 0.05) is 24.9 Å². The van der Waals surface area contributed by atoms with Crippen LogP contribution in [0.15, 0.2) is 28.0 Å². The third kappa shape index (κ3) is 4.16. The Morgan fingerprint density at radius 2 is 1.95 bits per heavy atom. The van der Waals surface area contributed by atoms with Gasteiger partial charge < -0.3 is 5.11 Å². The van der Waals surface area contributed by atoms with Crippen LogP contribution in [0, 0.1) is 10.1 Å². The van der Waals surface area contributed by atoms with Crippen LogP contribution >= 0.6 is 11.8 Å². The molecule has 0 aliphatic rings. The Balaban J connectivity index is 3.28. The van der Waals surface area contributed by atoms with Crippen molar-refractivity contribution in [1.82, 2.24) is 4.31 Å². The summed E-state index contributed by atoms with van der Waals surface area (Å²) < 4.78 is 25.9. The highest BCUT2D eigenvalue weighted by molar-refractivity contribution is 7.99. The van der Waals surface area contributed by atoms with Crippen LogP contribution in [0.1, 0.15) is 13.8 Å². The highest BCUT2D eigenvalue weighted by atomic mass is 32.2. The minimum atomic E-state index is -3.72. The van der Waals surface area contributed by atoms with E-state index in [2.05, 4.69) is 0 Å². The maximum absolute atomic E-state index is 12.4. The van der Waals surface area contributed by atoms with Crippen LogP contribution in [-0.4, -0.2) is 48.2 Å². The predicted molar refractivity (Wildman–Crippen MR) is 81.0 cm³/mol. The zero-order valence-corrected chi connectivity index (χ0v) is 13.5. The van der Waals surface area contributed by atoms with Crippen LogP contribution in [0.25, 0.3) is 0 Å². The lowest BCUT2D eigenvalue weighted by molar-refractivity contribution is -0.388. The van der Waals surface area contributed by atoms with Gasteiger partial charge in [0.1, 0.15) is 0 Å². The lowest BCUT2D eigenvalue weighted by Gasteiger charge is -2.18. The number of nitro benzene ring substituents is 1. The molecule has 0 aliphatic heterocycles. The van der Waals surface area contributed by atoms with Crippen LogP contribution in [0.4, 0.5) is 5.69 Å². The first-order chi connectivity index (χ1) is 9.88. The van der Waals surface area contributed by atoms with Crippen LogP contribution in [0.3, 0.4) is 0 Å². The fourth-order valence-corrected chi connectivity index (χ4v) is 4.03. The van der Waals surface area contributed by atoms with Crippen molar-refractivity contribution >= 4 is 27.5 Å². The van der Waals surface area contributed by atoms with Crippen molar-refractivity contribution in [1.29, 1.82) is 0 Å². The number of hydrogen-bond acceptors (Lipinski definition) is 6. The zero-order chi connectivity index (χ0) is 16.0. The summed E-state index contributed by atoms with van der Waals surface area (Å²) in [5.41, 5.74) is -0.262. The largest absolute Gasteiger partial charge is 0.396 e. The molecule has 0 unspecified atom stereocenters. The zero-order valence-electron chi connectivity index (χ0n) is 11.9. The molecule has 0 saturated carbocycles. The molecule has 0 atom stereocenters. The third-order valence-corrected chi connectivity index (χ3v) is 5.91. The first-order valence-electron chi connectivity index (χ1n) is 6.40. The number of thioether (sulfide) groups is 1. The van der Waals surface area contributed by atoms with E-state index in [1.807, 2.05) is 0 Å². The van der Waals surface area contributed by atoms with Crippen LogP contribution < -0.4 is 0 Å². The van der Waals surface area contributed by atoms with Gasteiger partial charge in [-0.25, -0.2) is 8.42 Å². The fourth-order valence-electron chi connectivity index (χ4n) is 1.79. The van der Waals surface area contributed by atoms with Crippen molar-refractivity contribution in [2.45, 2.75) is 23.6 Å². The van der Waals surface area contributed by atoms with Gasteiger partial charge in [0.2, 0.25) is 10.0 Å². The lowest BCUT2D eigenvalue weighted by Crippen LogP contribution is -2.30. The van der Waals surface area contributed by atoms with Gasteiger partial charge in [0.15, 0.2) is 0 Å². The Morgan fingerprint density at radius 3 is 2.43 bits per heavy atom. The second-order valence-electron chi connectivity index (χ2n) is 4.05. The monoisotopic (exact) mass is 334 g/mol. The number of nitro groups is 1. The normalized spacial score (nSPS) is 11.8. The van der Waals surface area contributed by atoms with E-state index in [9.17, 15) is 18.5 Å². The summed E-state index contributed by atoms with van der Waals surface area (Å²) in [4.78, 5) is 10.7. The van der Waals surface area contributed by atoms with Gasteiger partial charge in [-0.1, -0.05) is 13.8 Å². The Kier molecular flexibility index (Phi) is 6.59. The maximum atomic E-state index is 12.4. The van der Waals surface area contributed by atoms with E-state index in [0.29, 0.717) is 23.7 Å². The summed E-state index contributed by atoms with van der Waals surface area (Å²) in [6, 6.07) is 3.85. The van der Waals surface area contributed by atoms with E-state index in [1.54, 1.807) is 13.8 Å². The average Bonchev–Trinajstić information content (AvgIpc) is 2.45. The Morgan fingerprint density at radius 1 is 1.33 bits per heavy atom. The summed E-state index contributed by atoms with van der Waals surface area (Å²) >= 11 is 1.11. The summed E-state index contributed by atoms with van der Waals surface area (Å²) in [6.45, 7) is 3.91. The smallest absolute Gasteiger partial charge is 0.284 e. The second kappa shape index (κ2) is 7.74. The summed E-state index contributed by atoms with van der Waals surface area (Å²) in [7, 11) is -3.72. The lowest BCUT2D eigenvalue weighted by atomic mass is 10.3. The second-order valence-corrected chi connectivity index (χ2v) is 7.12. The fraction of sp³-hybridized carbons (Fsp3) is 0.500. The Labute approximate surface area is 128 Å². The summed E-state index contributed by atoms with van der Waals surface area (Å²) in [5.74, 6) is 0.309. The molecule has 0 bridgehead atoms. The third-order valence-electron chi connectivity index (χ3n) is 2.82. The van der Waals surface area contributed by atoms with Gasteiger partial charge in [-0.05, 0) is 12.1 Å². The molecule has 0 spiro atoms. The number of benzene rings is 1. The van der Waals surface area contributed by atoms with Gasteiger partial charge in [-0.15, -0.1) is 11.8 Å². The van der Waals surface area contributed by atoms with E-state index in [1.165, 1.54) is 16.4 Å². The number of nitrogens with zero attached hydrogens (tertiary/aromatic N) is 2. The number of aliphatic hydroxyl groups excluding tert-OH is 1. The predicted octanol–water partition coefficient (Wildman–Crippen LogP) is 1.71. The molecule has 0 aromatic heterocycles. The van der Waals surface area contributed by atoms with Gasteiger partial charge in [0.05, 0.1) is 21.3 Å². The molecular formula is C12H18N2O5S2. The van der Waals surface area contributed by atoms with E-state index in [-0.39, 0.29) is 17.2 Å². The van der Waals surface area contributed by atoms with Crippen LogP contribution in [-0.2, 0) is 10.0 Å². The van der Waals surface area contributed by atoms with E-state index in [0.717, 1.165) is 17.8 Å². The van der Waals surface area contributed by atoms with Crippen molar-refractivity contribution in [2.24, 2.45) is 0 Å². The van der Waals surface area contributed by atoms with Crippen LogP contribution in [0.5, 0.6) is 0 Å². The first kappa shape index (κ1) is 17.9. The molecule has 1 aromatic carbocycles. The van der Waals surface area contributed by atoms with Crippen molar-refractivity contribution in [3.05, 3.63) is 28.3 Å². The minimum Gasteiger partial charge on any atom is -0.396 e. The molecule has 21 heavy (non-hydrogen) atoms. The quantitative estimate of drug-likeness (QED) is 0.441. The van der Waals surface area contributed by atoms with Gasteiger partial charge in [0.25, 0.3) is 5.69 Å². The van der Waals surface area contributed by atoms with Crippen molar-refractivity contribution in [3.8, 4) is 0 Å². The molecule has 0 fully saturated rings. The number of aliphatic hydroxyl groups is 1. The molecule has 0 saturated heterocycles. The van der Waals surface area contributed by atoms with Crippen molar-refractivity contribution in [2.75, 3.05) is 25.4 Å². The maximum Gasteiger partial charge on any atom is 0.284 e. The first-order valence-corrected chi connectivity index (χ1v) is 8.83. The highest BCUT2D eigenvalue weighted by Crippen LogP contribution is 2.32. The van der Waals surface area contributed by atoms with Gasteiger partial charge in [-0.2, -0.15) is 4.31 Å². The molecule has 1 N–H and O–H groups in total. The molecule has 118 valence electrons. The SMILES string of the molecule is CCN(CC)S(=O)(=O)c1ccc(SCCO)c([N+](=O)[O-])c1. The molecule has 9 heteroatoms. The Hall–Kier alpha value is -1.16. The molecule has 0 amide bonds. The molecule has 1 aromatic rings. The number of hydrogen-bond donors (Lipinski definition) is 1. The summed E-state index contributed by atoms with van der Waals surface area (Å²) in [6.07, 6.45) is 0. The molecule has 0 heterocycles. The molecule has 0 radical (unpaired) electrons. The molecular weight excluding hydrogens is 316 g/mol. The topological polar surface area (TPSA) is 101 Å². The highest BCUT2D eigenvalue weighted by Gasteiger charge is 2.25. The average molecular weight is 334 g/mol. The Bertz CT molecular complexity index is 600. The van der Waals surface area contributed by atoms with Crippen molar-refractivity contribution in [3.63, 3.8) is 0 Å². The van der Waals surface area contributed by atoms with E-state index in [4.69, 9.17) is 5.11 Å². The van der Waals surface area contributed by atoms with E-state index < -0.39 is 14.9 Å². The van der Waals surface area contributed by atoms with Crippen molar-refractivity contribution < 1.29 is 18.4 Å². The number of rotatable bonds is 8. The minimum absolute atomic E-state index is 0.0914. The molecule has 0 aliphatic carbocycles. The molecule has 1 rings (SSSR count). The summed E-state index contributed by atoms with van der Waals surface area (Å²) in [5, 5.41) is 19.9. The molecule has 7 nitrogen and oxygen atoms in total. The standard InChI is InChI=1S/C12H18N2O5S2/c1-3-13(4-2)21(18,19)10-5-6-12(20-8-7-15)11(9-10)14(16)17/h5-6,9,15H,3-4,7-8H2,1-2H3. The number of sulfonamides is 1. The van der Waals surface area contributed by atoms with E-state index >= 15 is 0 Å². The van der Waals surface area contributed by atoms with Gasteiger partial charge >= 0.3 is 0 Å². The van der Waals surface area contributed by atoms with Crippen LogP contribution in [0.2, 0.25) is 0 Å². The van der Waals surface area contributed by atoms with Gasteiger partial charge in [-0.3, -0.25) is 10.1 Å².